The van der Waals surface area contributed by atoms with Gasteiger partial charge in [-0.1, -0.05) is 0 Å². The van der Waals surface area contributed by atoms with Crippen LogP contribution in [-0.2, 0) is 14.2 Å². The maximum atomic E-state index is 5.55. The molecule has 2 heterocycles. The molecule has 2 unspecified atom stereocenters. The predicted octanol–water partition coefficient (Wildman–Crippen LogP) is 0.316. The van der Waals surface area contributed by atoms with Gasteiger partial charge in [-0.05, 0) is 0 Å². The topological polar surface area (TPSA) is 34.3 Å². The highest BCUT2D eigenvalue weighted by Crippen LogP contribution is 2.41. The van der Waals surface area contributed by atoms with E-state index >= 15 is 0 Å². The maximum absolute atomic E-state index is 5.55. The molecule has 2 atom stereocenters. The van der Waals surface area contributed by atoms with Crippen molar-refractivity contribution in [2.75, 3.05) is 24.7 Å². The summed E-state index contributed by atoms with van der Waals surface area (Å²) in [6, 6.07) is 0. The zero-order chi connectivity index (χ0) is 7.95. The van der Waals surface area contributed by atoms with E-state index in [4.69, 9.17) is 14.2 Å². The lowest BCUT2D eigenvalue weighted by Crippen LogP contribution is -2.30. The summed E-state index contributed by atoms with van der Waals surface area (Å²) in [5, 5.41) is 0. The highest BCUT2D eigenvalue weighted by molar-refractivity contribution is 7.80. The van der Waals surface area contributed by atoms with Crippen LogP contribution >= 0.6 is 25.3 Å². The molecule has 0 amide bonds. The Morgan fingerprint density at radius 2 is 1.45 bits per heavy atom. The van der Waals surface area contributed by atoms with Gasteiger partial charge in [0.2, 0.25) is 11.6 Å². The third-order valence-corrected chi connectivity index (χ3v) is 2.75. The van der Waals surface area contributed by atoms with E-state index < -0.39 is 11.6 Å². The van der Waals surface area contributed by atoms with Crippen molar-refractivity contribution in [3.05, 3.63) is 0 Å². The molecule has 0 aromatic heterocycles. The minimum absolute atomic E-state index is 0.470. The smallest absolute Gasteiger partial charge is 0.204 e. The van der Waals surface area contributed by atoms with Crippen LogP contribution in [0.1, 0.15) is 0 Å². The van der Waals surface area contributed by atoms with E-state index in [1.807, 2.05) is 0 Å². The number of rotatable bonds is 4. The van der Waals surface area contributed by atoms with Gasteiger partial charge in [0.05, 0.1) is 0 Å². The quantitative estimate of drug-likeness (QED) is 0.499. The number of ether oxygens (including phenoxy) is 3. The first kappa shape index (κ1) is 8.19. The highest BCUT2D eigenvalue weighted by atomic mass is 32.1. The molecule has 0 aliphatic carbocycles. The Balaban J connectivity index is 1.89. The Bertz CT molecular complexity index is 147. The SMILES string of the molecule is SCC1(OC2(CS)CO2)CO1. The van der Waals surface area contributed by atoms with Gasteiger partial charge in [0.15, 0.2) is 0 Å². The molecule has 0 radical (unpaired) electrons. The molecule has 0 spiro atoms. The first-order chi connectivity index (χ1) is 5.24. The number of epoxide rings is 2. The van der Waals surface area contributed by atoms with E-state index in [9.17, 15) is 0 Å². The highest BCUT2D eigenvalue weighted by Gasteiger charge is 2.57. The van der Waals surface area contributed by atoms with Crippen LogP contribution in [0.15, 0.2) is 0 Å². The van der Waals surface area contributed by atoms with Crippen molar-refractivity contribution in [2.45, 2.75) is 11.6 Å². The fourth-order valence-electron chi connectivity index (χ4n) is 0.865. The summed E-state index contributed by atoms with van der Waals surface area (Å²) < 4.78 is 15.8. The second-order valence-corrected chi connectivity index (χ2v) is 3.45. The Hall–Kier alpha value is 0.580. The second-order valence-electron chi connectivity index (χ2n) is 2.82. The second kappa shape index (κ2) is 2.53. The van der Waals surface area contributed by atoms with Gasteiger partial charge in [-0.25, -0.2) is 0 Å². The monoisotopic (exact) mass is 194 g/mol. The molecule has 2 aliphatic heterocycles. The minimum Gasteiger partial charge on any atom is -0.341 e. The lowest BCUT2D eigenvalue weighted by Gasteiger charge is -2.15. The van der Waals surface area contributed by atoms with Crippen LogP contribution in [-0.4, -0.2) is 36.3 Å². The molecule has 5 heteroatoms. The molecule has 64 valence electrons. The molecule has 0 saturated carbocycles. The summed E-state index contributed by atoms with van der Waals surface area (Å²) in [6.07, 6.45) is 0. The van der Waals surface area contributed by atoms with E-state index in [1.54, 1.807) is 0 Å². The van der Waals surface area contributed by atoms with Crippen LogP contribution in [0.4, 0.5) is 0 Å². The molecule has 2 saturated heterocycles. The van der Waals surface area contributed by atoms with E-state index in [0.29, 0.717) is 24.7 Å². The van der Waals surface area contributed by atoms with Gasteiger partial charge in [-0.2, -0.15) is 25.3 Å². The Labute approximate surface area is 76.2 Å². The van der Waals surface area contributed by atoms with Gasteiger partial charge >= 0.3 is 0 Å². The molecular formula is C6H10O3S2. The van der Waals surface area contributed by atoms with Crippen molar-refractivity contribution >= 4 is 25.3 Å². The first-order valence-corrected chi connectivity index (χ1v) is 4.71. The molecule has 2 rings (SSSR count). The van der Waals surface area contributed by atoms with Gasteiger partial charge in [0.25, 0.3) is 0 Å². The van der Waals surface area contributed by atoms with Crippen LogP contribution in [0.25, 0.3) is 0 Å². The lowest BCUT2D eigenvalue weighted by atomic mass is 10.4. The van der Waals surface area contributed by atoms with Crippen molar-refractivity contribution in [1.82, 2.24) is 0 Å². The van der Waals surface area contributed by atoms with Gasteiger partial charge in [-0.15, -0.1) is 0 Å². The molecular weight excluding hydrogens is 184 g/mol. The van der Waals surface area contributed by atoms with Crippen molar-refractivity contribution in [2.24, 2.45) is 0 Å². The third kappa shape index (κ3) is 1.53. The van der Waals surface area contributed by atoms with Crippen molar-refractivity contribution in [1.29, 1.82) is 0 Å². The third-order valence-electron chi connectivity index (χ3n) is 1.79. The molecule has 3 nitrogen and oxygen atoms in total. The zero-order valence-electron chi connectivity index (χ0n) is 5.95. The first-order valence-electron chi connectivity index (χ1n) is 3.44. The molecule has 0 bridgehead atoms. The normalized spacial score (nSPS) is 47.5. The maximum Gasteiger partial charge on any atom is 0.204 e. The zero-order valence-corrected chi connectivity index (χ0v) is 7.74. The summed E-state index contributed by atoms with van der Waals surface area (Å²) in [5.41, 5.74) is 0. The van der Waals surface area contributed by atoms with Crippen molar-refractivity contribution < 1.29 is 14.2 Å². The summed E-state index contributed by atoms with van der Waals surface area (Å²) in [6.45, 7) is 1.24. The lowest BCUT2D eigenvalue weighted by molar-refractivity contribution is -0.124. The number of hydrogen-bond donors (Lipinski definition) is 2. The van der Waals surface area contributed by atoms with Gasteiger partial charge < -0.3 is 14.2 Å². The van der Waals surface area contributed by atoms with Crippen LogP contribution < -0.4 is 0 Å². The van der Waals surface area contributed by atoms with Crippen LogP contribution in [0, 0.1) is 0 Å². The van der Waals surface area contributed by atoms with E-state index in [1.165, 1.54) is 0 Å². The fourth-order valence-corrected chi connectivity index (χ4v) is 1.36. The van der Waals surface area contributed by atoms with Crippen molar-refractivity contribution in [3.63, 3.8) is 0 Å². The molecule has 2 aliphatic rings. The average molecular weight is 194 g/mol. The largest absolute Gasteiger partial charge is 0.341 e. The summed E-state index contributed by atoms with van der Waals surface area (Å²) in [4.78, 5) is 0. The summed E-state index contributed by atoms with van der Waals surface area (Å²) in [5.74, 6) is 0.211. The molecule has 2 fully saturated rings. The molecule has 0 N–H and O–H groups in total. The van der Waals surface area contributed by atoms with E-state index in [0.717, 1.165) is 0 Å². The van der Waals surface area contributed by atoms with Crippen LogP contribution in [0.3, 0.4) is 0 Å². The van der Waals surface area contributed by atoms with Gasteiger partial charge in [0, 0.05) is 11.5 Å². The fraction of sp³-hybridized carbons (Fsp3) is 1.00. The Morgan fingerprint density at radius 3 is 1.64 bits per heavy atom. The van der Waals surface area contributed by atoms with E-state index in [-0.39, 0.29) is 0 Å². The molecule has 0 aromatic rings. The number of thiol groups is 2. The minimum atomic E-state index is -0.470. The number of hydrogen-bond acceptors (Lipinski definition) is 5. The standard InChI is InChI=1S/C6H10O3S2/c10-3-5(1-7-5)9-6(4-11)2-8-6/h10-11H,1-4H2. The average Bonchev–Trinajstić information content (AvgIpc) is 2.90. The molecule has 0 aromatic carbocycles. The van der Waals surface area contributed by atoms with Crippen LogP contribution in [0.5, 0.6) is 0 Å². The Kier molecular flexibility index (Phi) is 1.89. The van der Waals surface area contributed by atoms with Crippen LogP contribution in [0.2, 0.25) is 0 Å². The molecule has 11 heavy (non-hydrogen) atoms. The van der Waals surface area contributed by atoms with Crippen molar-refractivity contribution in [3.8, 4) is 0 Å². The van der Waals surface area contributed by atoms with Gasteiger partial charge in [0.1, 0.15) is 13.2 Å². The van der Waals surface area contributed by atoms with E-state index in [2.05, 4.69) is 25.3 Å². The summed E-state index contributed by atoms with van der Waals surface area (Å²) >= 11 is 8.22. The Morgan fingerprint density at radius 1 is 1.09 bits per heavy atom. The van der Waals surface area contributed by atoms with Gasteiger partial charge in [-0.3, -0.25) is 0 Å². The summed E-state index contributed by atoms with van der Waals surface area (Å²) in [7, 11) is 0. The predicted molar refractivity (Wildman–Crippen MR) is 46.2 cm³/mol.